The van der Waals surface area contributed by atoms with E-state index in [1.165, 1.54) is 0 Å². The largest absolute Gasteiger partial charge is 0.493 e. The second kappa shape index (κ2) is 10.8. The maximum atomic E-state index is 13.0. The molecule has 186 valence electrons. The van der Waals surface area contributed by atoms with Crippen molar-refractivity contribution in [2.45, 2.75) is 19.9 Å². The second-order valence-corrected chi connectivity index (χ2v) is 10.2. The highest BCUT2D eigenvalue weighted by Gasteiger charge is 2.27. The molecule has 1 amide bonds. The Hall–Kier alpha value is -3.27. The number of nitrogens with zero attached hydrogens (tertiary/aromatic N) is 2. The fourth-order valence-electron chi connectivity index (χ4n) is 4.57. The third-order valence-electron chi connectivity index (χ3n) is 6.71. The van der Waals surface area contributed by atoms with Gasteiger partial charge >= 0.3 is 7.05 Å². The number of aryl methyl sites for hydroxylation is 1. The van der Waals surface area contributed by atoms with Gasteiger partial charge in [-0.3, -0.25) is 4.79 Å². The average molecular weight is 503 g/mol. The summed E-state index contributed by atoms with van der Waals surface area (Å²) in [5, 5.41) is 14.8. The van der Waals surface area contributed by atoms with E-state index in [0.29, 0.717) is 24.8 Å². The number of nitrogens with one attached hydrogen (secondary N) is 1. The van der Waals surface area contributed by atoms with Crippen LogP contribution in [0.5, 0.6) is 11.5 Å². The Morgan fingerprint density at radius 1 is 1.14 bits per heavy atom. The lowest BCUT2D eigenvalue weighted by Gasteiger charge is -2.16. The summed E-state index contributed by atoms with van der Waals surface area (Å²) in [6, 6.07) is 19.2. The second-order valence-electron chi connectivity index (χ2n) is 9.22. The minimum Gasteiger partial charge on any atom is -0.493 e. The SMILES string of the molecule is CB(O)N1CC[C@H](COc2ccc(OCc3ccccc3NC(=O)c3cc4sccc4n3C)cc2)C1. The Morgan fingerprint density at radius 3 is 2.61 bits per heavy atom. The maximum absolute atomic E-state index is 13.0. The van der Waals surface area contributed by atoms with E-state index >= 15 is 0 Å². The molecule has 4 aromatic rings. The van der Waals surface area contributed by atoms with Gasteiger partial charge in [-0.05, 0) is 74.2 Å². The van der Waals surface area contributed by atoms with Gasteiger partial charge in [0.15, 0.2) is 0 Å². The summed E-state index contributed by atoms with van der Waals surface area (Å²) in [7, 11) is 1.50. The minimum atomic E-state index is -0.403. The smallest absolute Gasteiger partial charge is 0.376 e. The molecular weight excluding hydrogens is 473 g/mol. The lowest BCUT2D eigenvalue weighted by Crippen LogP contribution is -2.35. The summed E-state index contributed by atoms with van der Waals surface area (Å²) < 4.78 is 15.0. The maximum Gasteiger partial charge on any atom is 0.376 e. The van der Waals surface area contributed by atoms with Crippen LogP contribution in [0, 0.1) is 5.92 Å². The van der Waals surface area contributed by atoms with E-state index in [4.69, 9.17) is 9.47 Å². The van der Waals surface area contributed by atoms with Gasteiger partial charge in [0.2, 0.25) is 0 Å². The van der Waals surface area contributed by atoms with E-state index in [2.05, 4.69) is 10.1 Å². The van der Waals surface area contributed by atoms with Crippen LogP contribution in [0.3, 0.4) is 0 Å². The van der Waals surface area contributed by atoms with Crippen LogP contribution in [-0.4, -0.2) is 47.1 Å². The summed E-state index contributed by atoms with van der Waals surface area (Å²) in [6.07, 6.45) is 1.03. The van der Waals surface area contributed by atoms with Crippen LogP contribution >= 0.6 is 11.3 Å². The van der Waals surface area contributed by atoms with Crippen molar-refractivity contribution < 1.29 is 19.3 Å². The standard InChI is InChI=1S/C27H30BN3O4S/c1-28(33)31-13-11-19(16-31)17-34-21-7-9-22(10-8-21)35-18-20-5-3-4-6-23(20)29-27(32)25-15-26-24(30(25)2)12-14-36-26/h3-10,12,14-15,19,33H,11,13,16-18H2,1-2H3,(H,29,32)/t19-/m0/s1. The predicted molar refractivity (Wildman–Crippen MR) is 145 cm³/mol. The van der Waals surface area contributed by atoms with Crippen molar-refractivity contribution >= 4 is 40.2 Å². The molecule has 5 rings (SSSR count). The highest BCUT2D eigenvalue weighted by Crippen LogP contribution is 2.26. The van der Waals surface area contributed by atoms with Crippen LogP contribution in [0.25, 0.3) is 10.2 Å². The fourth-order valence-corrected chi connectivity index (χ4v) is 5.42. The van der Waals surface area contributed by atoms with Crippen molar-refractivity contribution in [3.63, 3.8) is 0 Å². The van der Waals surface area contributed by atoms with E-state index in [-0.39, 0.29) is 5.91 Å². The van der Waals surface area contributed by atoms with Crippen LogP contribution in [0.4, 0.5) is 5.69 Å². The molecule has 2 aromatic carbocycles. The number of hydrogen-bond acceptors (Lipinski definition) is 6. The van der Waals surface area contributed by atoms with Gasteiger partial charge < -0.3 is 29.2 Å². The van der Waals surface area contributed by atoms with Gasteiger partial charge in [0.25, 0.3) is 5.91 Å². The lowest BCUT2D eigenvalue weighted by molar-refractivity contribution is 0.101. The number of amides is 1. The summed E-state index contributed by atoms with van der Waals surface area (Å²) >= 11 is 1.63. The van der Waals surface area contributed by atoms with Gasteiger partial charge in [-0.25, -0.2) is 0 Å². The highest BCUT2D eigenvalue weighted by molar-refractivity contribution is 7.17. The number of hydrogen-bond donors (Lipinski definition) is 2. The first kappa shape index (κ1) is 24.4. The quantitative estimate of drug-likeness (QED) is 0.319. The molecule has 1 saturated heterocycles. The van der Waals surface area contributed by atoms with E-state index in [0.717, 1.165) is 52.5 Å². The van der Waals surface area contributed by atoms with Crippen LogP contribution < -0.4 is 14.8 Å². The molecule has 0 saturated carbocycles. The number of carbonyl (C=O) groups is 1. The van der Waals surface area contributed by atoms with E-state index in [1.807, 2.05) is 77.7 Å². The molecule has 0 radical (unpaired) electrons. The number of ether oxygens (including phenoxy) is 2. The molecule has 9 heteroatoms. The lowest BCUT2D eigenvalue weighted by atomic mass is 9.86. The van der Waals surface area contributed by atoms with Gasteiger partial charge in [0.05, 0.1) is 16.8 Å². The molecule has 1 aliphatic heterocycles. The number of fused-ring (bicyclic) bond motifs is 1. The molecule has 1 atom stereocenters. The molecule has 7 nitrogen and oxygen atoms in total. The van der Waals surface area contributed by atoms with Crippen LogP contribution in [-0.2, 0) is 13.7 Å². The van der Waals surface area contributed by atoms with Crippen molar-refractivity contribution in [2.24, 2.45) is 13.0 Å². The fraction of sp³-hybridized carbons (Fsp3) is 0.296. The van der Waals surface area contributed by atoms with Crippen LogP contribution in [0.15, 0.2) is 66.0 Å². The van der Waals surface area contributed by atoms with Gasteiger partial charge in [0.1, 0.15) is 23.8 Å². The highest BCUT2D eigenvalue weighted by atomic mass is 32.1. The molecule has 3 heterocycles. The average Bonchev–Trinajstić information content (AvgIpc) is 3.61. The zero-order valence-corrected chi connectivity index (χ0v) is 21.3. The monoisotopic (exact) mass is 503 g/mol. The number of anilines is 1. The van der Waals surface area contributed by atoms with Crippen LogP contribution in [0.2, 0.25) is 6.82 Å². The third-order valence-corrected chi connectivity index (χ3v) is 7.56. The van der Waals surface area contributed by atoms with E-state index < -0.39 is 7.05 Å². The number of thiophene rings is 1. The summed E-state index contributed by atoms with van der Waals surface area (Å²) in [5.41, 5.74) is 3.31. The molecule has 0 aliphatic carbocycles. The first-order valence-corrected chi connectivity index (χ1v) is 13.1. The number of aromatic nitrogens is 1. The molecule has 0 bridgehead atoms. The molecule has 0 spiro atoms. The Kier molecular flexibility index (Phi) is 7.32. The molecular formula is C27H30BN3O4S. The molecule has 0 unspecified atom stereocenters. The molecule has 2 aromatic heterocycles. The first-order valence-electron chi connectivity index (χ1n) is 12.2. The molecule has 36 heavy (non-hydrogen) atoms. The van der Waals surface area contributed by atoms with E-state index in [1.54, 1.807) is 18.2 Å². The number of benzene rings is 2. The van der Waals surface area contributed by atoms with Gasteiger partial charge in [0, 0.05) is 24.2 Å². The Labute approximate surface area is 215 Å². The zero-order chi connectivity index (χ0) is 25.1. The number of rotatable bonds is 9. The topological polar surface area (TPSA) is 76.0 Å². The molecule has 1 aliphatic rings. The van der Waals surface area contributed by atoms with Crippen molar-refractivity contribution in [2.75, 3.05) is 25.0 Å². The van der Waals surface area contributed by atoms with E-state index in [9.17, 15) is 9.82 Å². The van der Waals surface area contributed by atoms with Gasteiger partial charge in [-0.2, -0.15) is 0 Å². The number of carbonyl (C=O) groups excluding carboxylic acids is 1. The van der Waals surface area contributed by atoms with Gasteiger partial charge in [-0.15, -0.1) is 11.3 Å². The van der Waals surface area contributed by atoms with Crippen LogP contribution in [0.1, 0.15) is 22.5 Å². The predicted octanol–water partition coefficient (Wildman–Crippen LogP) is 4.88. The summed E-state index contributed by atoms with van der Waals surface area (Å²) in [5.74, 6) is 1.81. The van der Waals surface area contributed by atoms with Crippen molar-refractivity contribution in [3.05, 3.63) is 77.3 Å². The number of para-hydroxylation sites is 1. The van der Waals surface area contributed by atoms with Crippen molar-refractivity contribution in [1.82, 2.24) is 9.38 Å². The molecule has 1 fully saturated rings. The van der Waals surface area contributed by atoms with Gasteiger partial charge in [-0.1, -0.05) is 18.2 Å². The Balaban J connectivity index is 1.16. The Bertz CT molecular complexity index is 1330. The summed E-state index contributed by atoms with van der Waals surface area (Å²) in [6.45, 7) is 4.53. The minimum absolute atomic E-state index is 0.145. The van der Waals surface area contributed by atoms with Crippen molar-refractivity contribution in [1.29, 1.82) is 0 Å². The Morgan fingerprint density at radius 2 is 1.89 bits per heavy atom. The summed E-state index contributed by atoms with van der Waals surface area (Å²) in [4.78, 5) is 15.0. The normalized spacial score (nSPS) is 15.8. The third kappa shape index (κ3) is 5.43. The molecule has 2 N–H and O–H groups in total. The van der Waals surface area contributed by atoms with Crippen molar-refractivity contribution in [3.8, 4) is 11.5 Å². The zero-order valence-electron chi connectivity index (χ0n) is 20.5. The first-order chi connectivity index (χ1) is 17.5.